The zero-order valence-electron chi connectivity index (χ0n) is 15.6. The minimum atomic E-state index is -3.71. The van der Waals surface area contributed by atoms with E-state index in [2.05, 4.69) is 10.6 Å². The number of halogens is 2. The van der Waals surface area contributed by atoms with Gasteiger partial charge in [0, 0.05) is 29.9 Å². The van der Waals surface area contributed by atoms with Crippen molar-refractivity contribution in [1.82, 2.24) is 14.9 Å². The van der Waals surface area contributed by atoms with Gasteiger partial charge < -0.3 is 10.6 Å². The second kappa shape index (κ2) is 8.14. The summed E-state index contributed by atoms with van der Waals surface area (Å²) < 4.78 is 27.2. The lowest BCUT2D eigenvalue weighted by molar-refractivity contribution is -0.122. The highest BCUT2D eigenvalue weighted by atomic mass is 35.5. The highest BCUT2D eigenvalue weighted by Gasteiger charge is 2.31. The van der Waals surface area contributed by atoms with Crippen LogP contribution < -0.4 is 10.6 Å². The van der Waals surface area contributed by atoms with Crippen LogP contribution in [-0.2, 0) is 14.8 Å². The minimum Gasteiger partial charge on any atom is -0.370 e. The van der Waals surface area contributed by atoms with Crippen molar-refractivity contribution in [2.75, 3.05) is 13.1 Å². The first kappa shape index (κ1) is 20.5. The molecule has 2 aliphatic heterocycles. The molecule has 3 aliphatic rings. The van der Waals surface area contributed by atoms with E-state index in [1.165, 1.54) is 22.5 Å². The number of hydrogen-bond acceptors (Lipinski definition) is 4. The topological polar surface area (TPSA) is 78.5 Å². The molecule has 1 unspecified atom stereocenters. The fourth-order valence-electron chi connectivity index (χ4n) is 3.33. The summed E-state index contributed by atoms with van der Waals surface area (Å²) in [4.78, 5) is 12.3. The molecule has 0 spiro atoms. The standard InChI is InChI=1S/C20H21Cl2N3O3S/c21-14-4-7-19(16(22)12-14)29(27,28)25-10-8-13(9-11-25)17-2-1-3-18(24-17)20(26)23-15-5-6-15/h1-4,7-8,12,15,18,24H,5-6,9-11H2,(H,23,26). The van der Waals surface area contributed by atoms with E-state index < -0.39 is 16.1 Å². The van der Waals surface area contributed by atoms with E-state index in [1.807, 2.05) is 24.3 Å². The maximum atomic E-state index is 12.9. The summed E-state index contributed by atoms with van der Waals surface area (Å²) >= 11 is 12.0. The molecular formula is C20H21Cl2N3O3S. The largest absolute Gasteiger partial charge is 0.370 e. The molecule has 0 radical (unpaired) electrons. The van der Waals surface area contributed by atoms with E-state index in [1.54, 1.807) is 0 Å². The van der Waals surface area contributed by atoms with Crippen molar-refractivity contribution in [3.63, 3.8) is 0 Å². The van der Waals surface area contributed by atoms with Crippen molar-refractivity contribution >= 4 is 39.1 Å². The molecular weight excluding hydrogens is 433 g/mol. The van der Waals surface area contributed by atoms with Crippen LogP contribution in [0, 0.1) is 0 Å². The number of dihydropyridines is 1. The predicted molar refractivity (Wildman–Crippen MR) is 113 cm³/mol. The van der Waals surface area contributed by atoms with Crippen LogP contribution in [0.1, 0.15) is 19.3 Å². The summed E-state index contributed by atoms with van der Waals surface area (Å²) in [5, 5.41) is 6.74. The monoisotopic (exact) mass is 453 g/mol. The molecule has 29 heavy (non-hydrogen) atoms. The van der Waals surface area contributed by atoms with Crippen LogP contribution >= 0.6 is 23.2 Å². The van der Waals surface area contributed by atoms with Gasteiger partial charge in [0.15, 0.2) is 0 Å². The first-order valence-corrected chi connectivity index (χ1v) is 11.6. The summed E-state index contributed by atoms with van der Waals surface area (Å²) in [6, 6.07) is 4.27. The van der Waals surface area contributed by atoms with Crippen molar-refractivity contribution in [1.29, 1.82) is 0 Å². The third kappa shape index (κ3) is 4.53. The number of carbonyl (C=O) groups is 1. The maximum Gasteiger partial charge on any atom is 0.246 e. The summed E-state index contributed by atoms with van der Waals surface area (Å²) in [7, 11) is -3.71. The molecule has 0 aromatic heterocycles. The van der Waals surface area contributed by atoms with Crippen LogP contribution in [0.5, 0.6) is 0 Å². The quantitative estimate of drug-likeness (QED) is 0.717. The van der Waals surface area contributed by atoms with Gasteiger partial charge in [-0.05, 0) is 49.1 Å². The van der Waals surface area contributed by atoms with Gasteiger partial charge in [-0.25, -0.2) is 8.42 Å². The van der Waals surface area contributed by atoms with Crippen LogP contribution in [0.15, 0.2) is 58.7 Å². The second-order valence-corrected chi connectivity index (χ2v) is 10.0. The Balaban J connectivity index is 1.44. The Hall–Kier alpha value is -1.80. The van der Waals surface area contributed by atoms with Crippen LogP contribution in [0.2, 0.25) is 10.0 Å². The maximum absolute atomic E-state index is 12.9. The lowest BCUT2D eigenvalue weighted by atomic mass is 10.0. The van der Waals surface area contributed by atoms with Crippen LogP contribution in [0.3, 0.4) is 0 Å². The lowest BCUT2D eigenvalue weighted by Gasteiger charge is -2.29. The van der Waals surface area contributed by atoms with Gasteiger partial charge in [-0.2, -0.15) is 4.31 Å². The zero-order chi connectivity index (χ0) is 20.6. The molecule has 2 heterocycles. The Kier molecular flexibility index (Phi) is 5.75. The van der Waals surface area contributed by atoms with Crippen molar-refractivity contribution in [3.8, 4) is 0 Å². The van der Waals surface area contributed by atoms with Gasteiger partial charge in [-0.1, -0.05) is 41.4 Å². The first-order chi connectivity index (χ1) is 13.8. The first-order valence-electron chi connectivity index (χ1n) is 9.44. The Labute approximate surface area is 180 Å². The fourth-order valence-corrected chi connectivity index (χ4v) is 5.46. The number of allylic oxidation sites excluding steroid dienone is 3. The molecule has 2 N–H and O–H groups in total. The molecule has 1 fully saturated rings. The Morgan fingerprint density at radius 2 is 2.03 bits per heavy atom. The predicted octanol–water partition coefficient (Wildman–Crippen LogP) is 3.00. The Morgan fingerprint density at radius 1 is 1.24 bits per heavy atom. The summed E-state index contributed by atoms with van der Waals surface area (Å²) in [6.07, 6.45) is 10.1. The Morgan fingerprint density at radius 3 is 2.69 bits per heavy atom. The number of nitrogens with one attached hydrogen (secondary N) is 2. The van der Waals surface area contributed by atoms with E-state index >= 15 is 0 Å². The van der Waals surface area contributed by atoms with Crippen molar-refractivity contribution in [3.05, 3.63) is 63.8 Å². The van der Waals surface area contributed by atoms with Crippen molar-refractivity contribution < 1.29 is 13.2 Å². The van der Waals surface area contributed by atoms with Gasteiger partial charge in [0.05, 0.1) is 5.02 Å². The normalized spacial score (nSPS) is 22.5. The van der Waals surface area contributed by atoms with Gasteiger partial charge in [-0.3, -0.25) is 4.79 Å². The number of rotatable bonds is 5. The summed E-state index contributed by atoms with van der Waals surface area (Å²) in [5.74, 6) is -0.0349. The molecule has 4 rings (SSSR count). The highest BCUT2D eigenvalue weighted by Crippen LogP contribution is 2.30. The van der Waals surface area contributed by atoms with Crippen molar-refractivity contribution in [2.24, 2.45) is 0 Å². The molecule has 6 nitrogen and oxygen atoms in total. The molecule has 1 atom stereocenters. The molecule has 9 heteroatoms. The number of benzene rings is 1. The third-order valence-corrected chi connectivity index (χ3v) is 7.70. The fraction of sp³-hybridized carbons (Fsp3) is 0.350. The molecule has 154 valence electrons. The van der Waals surface area contributed by atoms with Gasteiger partial charge in [-0.15, -0.1) is 0 Å². The summed E-state index contributed by atoms with van der Waals surface area (Å²) in [5.41, 5.74) is 1.84. The number of carbonyl (C=O) groups excluding carboxylic acids is 1. The van der Waals surface area contributed by atoms with Crippen LogP contribution in [0.25, 0.3) is 0 Å². The number of amides is 1. The average Bonchev–Trinajstić information content (AvgIpc) is 3.52. The number of hydrogen-bond donors (Lipinski definition) is 2. The van der Waals surface area contributed by atoms with E-state index in [9.17, 15) is 13.2 Å². The highest BCUT2D eigenvalue weighted by molar-refractivity contribution is 7.89. The molecule has 1 amide bonds. The smallest absolute Gasteiger partial charge is 0.246 e. The van der Waals surface area contributed by atoms with Gasteiger partial charge in [0.2, 0.25) is 15.9 Å². The summed E-state index contributed by atoms with van der Waals surface area (Å²) in [6.45, 7) is 0.563. The van der Waals surface area contributed by atoms with E-state index in [0.29, 0.717) is 24.0 Å². The van der Waals surface area contributed by atoms with Gasteiger partial charge in [0.25, 0.3) is 0 Å². The molecule has 1 saturated carbocycles. The SMILES string of the molecule is O=C(NC1CC1)C1C=CC=C(C2=CCN(S(=O)(=O)c3ccc(Cl)cc3Cl)CC2)N1. The second-order valence-electron chi connectivity index (χ2n) is 7.29. The number of nitrogens with zero attached hydrogens (tertiary/aromatic N) is 1. The molecule has 0 saturated heterocycles. The third-order valence-electron chi connectivity index (χ3n) is 5.11. The minimum absolute atomic E-state index is 0.0349. The van der Waals surface area contributed by atoms with Gasteiger partial charge >= 0.3 is 0 Å². The van der Waals surface area contributed by atoms with Crippen LogP contribution in [-0.4, -0.2) is 43.8 Å². The molecule has 0 bridgehead atoms. The van der Waals surface area contributed by atoms with Crippen molar-refractivity contribution in [2.45, 2.75) is 36.2 Å². The van der Waals surface area contributed by atoms with E-state index in [0.717, 1.165) is 24.1 Å². The van der Waals surface area contributed by atoms with Gasteiger partial charge in [0.1, 0.15) is 10.9 Å². The van der Waals surface area contributed by atoms with Crippen LogP contribution in [0.4, 0.5) is 0 Å². The number of sulfonamides is 1. The Bertz CT molecular complexity index is 1030. The molecule has 1 aliphatic carbocycles. The average molecular weight is 454 g/mol. The molecule has 1 aromatic carbocycles. The lowest BCUT2D eigenvalue weighted by Crippen LogP contribution is -2.45. The van der Waals surface area contributed by atoms with E-state index in [-0.39, 0.29) is 22.4 Å². The zero-order valence-corrected chi connectivity index (χ0v) is 17.9. The molecule has 1 aromatic rings. The van der Waals surface area contributed by atoms with E-state index in [4.69, 9.17) is 23.2 Å².